The van der Waals surface area contributed by atoms with Crippen molar-refractivity contribution in [3.63, 3.8) is 0 Å². The van der Waals surface area contributed by atoms with E-state index in [0.29, 0.717) is 0 Å². The van der Waals surface area contributed by atoms with E-state index in [-0.39, 0.29) is 0 Å². The van der Waals surface area contributed by atoms with E-state index in [1.54, 1.807) is 0 Å². The van der Waals surface area contributed by atoms with Gasteiger partial charge in [0.05, 0.1) is 52.9 Å². The second-order valence-electron chi connectivity index (χ2n) is 22.5. The van der Waals surface area contributed by atoms with Crippen LogP contribution in [0.1, 0.15) is 0 Å². The second-order valence-corrected chi connectivity index (χ2v) is 22.5. The van der Waals surface area contributed by atoms with E-state index in [1.165, 1.54) is 0 Å². The molecular formula is C48H80O40. The van der Waals surface area contributed by atoms with Gasteiger partial charge in [0.2, 0.25) is 0 Å². The summed E-state index contributed by atoms with van der Waals surface area (Å²) < 4.78 is 91.1. The molecule has 30 heterocycles. The molecule has 512 valence electrons. The molecular weight excluding hydrogens is 1220 g/mol. The van der Waals surface area contributed by atoms with Crippen molar-refractivity contribution in [2.75, 3.05) is 52.9 Å². The van der Waals surface area contributed by atoms with E-state index < -0.39 is 299 Å². The maximum absolute atomic E-state index is 11.4. The van der Waals surface area contributed by atoms with Crippen molar-refractivity contribution in [1.29, 1.82) is 0 Å². The summed E-state index contributed by atoms with van der Waals surface area (Å²) in [5.41, 5.74) is 0. The van der Waals surface area contributed by atoms with Gasteiger partial charge in [0.25, 0.3) is 0 Å². The molecule has 0 unspecified atom stereocenters. The summed E-state index contributed by atoms with van der Waals surface area (Å²) in [6, 6.07) is 0. The van der Waals surface area contributed by atoms with Crippen molar-refractivity contribution in [2.45, 2.75) is 246 Å². The molecule has 30 aliphatic rings. The summed E-state index contributed by atoms with van der Waals surface area (Å²) in [5, 5.41) is 265. The fraction of sp³-hybridized carbons (Fsp3) is 1.00. The van der Waals surface area contributed by atoms with Crippen LogP contribution in [-0.4, -0.2) is 421 Å². The lowest BCUT2D eigenvalue weighted by molar-refractivity contribution is -0.404. The van der Waals surface area contributed by atoms with Crippen LogP contribution in [0.4, 0.5) is 0 Å². The molecule has 0 amide bonds. The van der Waals surface area contributed by atoms with Crippen molar-refractivity contribution in [3.05, 3.63) is 0 Å². The fourth-order valence-electron chi connectivity index (χ4n) is 11.9. The number of ether oxygens (including phenoxy) is 16. The molecule has 0 aliphatic carbocycles. The Morgan fingerprint density at radius 1 is 0.136 bits per heavy atom. The van der Waals surface area contributed by atoms with Crippen LogP contribution >= 0.6 is 0 Å². The predicted molar refractivity (Wildman–Crippen MR) is 261 cm³/mol. The Morgan fingerprint density at radius 3 is 0.307 bits per heavy atom. The SMILES string of the molecule is OC[C@@H]1O[C@@H]2O[C@H]3[C@H](O)[C@@H](O)[C@@H](O[C@H]4[C@H](O)[C@@H](O)[C@@H](O[C@H]5[C@H](O)[C@@H](O)[C@@H](O[C@H]6[C@H](O)[C@@H](O)[C@@H](O[C@H]7[C@@H](O)[C@@H](O)[C@@H](O[C@H]8[C@@H](O)[C@H](O)[C@@H](O[C@H]9[C@@H](O)[C@@H](O)[C@@H](O[C@H]1[C@@H](O)[C@@H]2O)O[C@H]9CO)O[C@H]8CO)O[C@@H]7CO)O[C@@H]6CO)O[C@@H]5CO)O[C@@H]4CO)O[C@@H]3CO. The fourth-order valence-corrected chi connectivity index (χ4v) is 11.9. The van der Waals surface area contributed by atoms with Gasteiger partial charge in [-0.25, -0.2) is 0 Å². The zero-order chi connectivity index (χ0) is 64.1. The summed E-state index contributed by atoms with van der Waals surface area (Å²) in [7, 11) is 0. The van der Waals surface area contributed by atoms with Crippen molar-refractivity contribution in [1.82, 2.24) is 0 Å². The van der Waals surface area contributed by atoms with Gasteiger partial charge >= 0.3 is 0 Å². The molecule has 0 radical (unpaired) electrons. The summed E-state index contributed by atoms with van der Waals surface area (Å²) in [6.07, 6.45) is -82.0. The van der Waals surface area contributed by atoms with Gasteiger partial charge in [0.15, 0.2) is 50.3 Å². The molecule has 30 rings (SSSR count). The van der Waals surface area contributed by atoms with Crippen molar-refractivity contribution in [2.24, 2.45) is 0 Å². The van der Waals surface area contributed by atoms with E-state index in [0.717, 1.165) is 0 Å². The van der Waals surface area contributed by atoms with Gasteiger partial charge in [0, 0.05) is 0 Å². The Labute approximate surface area is 496 Å². The molecule has 40 nitrogen and oxygen atoms in total. The smallest absolute Gasteiger partial charge is 0.187 e. The number of rotatable bonds is 8. The van der Waals surface area contributed by atoms with E-state index >= 15 is 0 Å². The first-order chi connectivity index (χ1) is 41.9. The molecule has 0 aromatic carbocycles. The van der Waals surface area contributed by atoms with Crippen LogP contribution in [0.2, 0.25) is 0 Å². The molecule has 0 saturated carbocycles. The highest BCUT2D eigenvalue weighted by molar-refractivity contribution is 5.02. The quantitative estimate of drug-likeness (QED) is 0.107. The molecule has 24 N–H and O–H groups in total. The molecule has 30 aliphatic heterocycles. The maximum Gasteiger partial charge on any atom is 0.187 e. The zero-order valence-electron chi connectivity index (χ0n) is 46.0. The molecule has 40 heteroatoms. The highest BCUT2D eigenvalue weighted by atomic mass is 16.8. The zero-order valence-corrected chi connectivity index (χ0v) is 46.0. The lowest BCUT2D eigenvalue weighted by Gasteiger charge is -2.50. The van der Waals surface area contributed by atoms with Gasteiger partial charge in [-0.3, -0.25) is 0 Å². The summed E-state index contributed by atoms with van der Waals surface area (Å²) in [6.45, 7) is -8.64. The van der Waals surface area contributed by atoms with Gasteiger partial charge in [-0.05, 0) is 0 Å². The monoisotopic (exact) mass is 1300 g/mol. The Kier molecular flexibility index (Phi) is 24.1. The van der Waals surface area contributed by atoms with Gasteiger partial charge in [-0.2, -0.15) is 0 Å². The minimum absolute atomic E-state index is 1.08. The third-order valence-corrected chi connectivity index (χ3v) is 16.9. The van der Waals surface area contributed by atoms with Crippen molar-refractivity contribution < 1.29 is 198 Å². The number of hydrogen-bond acceptors (Lipinski definition) is 40. The molecule has 0 spiro atoms. The standard InChI is InChI=1S/C48H80O40/c49-1-9-33-17(57)25(65)41(73-9)82-34-10(2-50)75-43(27(67)19(34)59)84-36-12(4-52)77-45(29(69)21(36)61)86-38-14(6-54)79-47(31(71)23(38)63)88-40-16(8-56)80-48(32(72)24(40)64)87-39-15(7-55)78-46(30(70)22(39)62)85-37-13(5-53)76-44(28(68)20(37)60)83-35-11(3-51)74-42(81-33)26(66)18(35)58/h9-72H,1-8H2/t9-,10-,11-,12-,13-,14+,15+,16+,17-,18-,19-,20-,21+,22+,23+,24+,25-,26-,27-,28-,29-,30+,31+,32-,33-,34-,35-,36-,37-,38-,39-,40-,41-,42-,43-,44-,45-,46-,47-,48-/m1/s1. The van der Waals surface area contributed by atoms with Crippen LogP contribution < -0.4 is 0 Å². The molecule has 0 aromatic rings. The summed E-state index contributed by atoms with van der Waals surface area (Å²) >= 11 is 0. The summed E-state index contributed by atoms with van der Waals surface area (Å²) in [5.74, 6) is 0. The Bertz CT molecular complexity index is 1700. The number of aliphatic hydroxyl groups excluding tert-OH is 24. The third kappa shape index (κ3) is 13.8. The van der Waals surface area contributed by atoms with Gasteiger partial charge < -0.3 is 198 Å². The average molecular weight is 1300 g/mol. The lowest BCUT2D eigenvalue weighted by Crippen LogP contribution is -2.69. The maximum atomic E-state index is 11.4. The Hall–Kier alpha value is -1.60. The number of aliphatic hydroxyl groups is 24. The van der Waals surface area contributed by atoms with Crippen LogP contribution in [0, 0.1) is 0 Å². The first-order valence-electron chi connectivity index (χ1n) is 28.1. The van der Waals surface area contributed by atoms with E-state index in [2.05, 4.69) is 0 Å². The van der Waals surface area contributed by atoms with Crippen LogP contribution in [-0.2, 0) is 75.8 Å². The highest BCUT2D eigenvalue weighted by Crippen LogP contribution is 2.40. The molecule has 0 aromatic heterocycles. The molecule has 30 saturated heterocycles. The Morgan fingerprint density at radius 2 is 0.227 bits per heavy atom. The highest BCUT2D eigenvalue weighted by Gasteiger charge is 2.60. The van der Waals surface area contributed by atoms with Crippen molar-refractivity contribution in [3.8, 4) is 0 Å². The largest absolute Gasteiger partial charge is 0.394 e. The third-order valence-electron chi connectivity index (χ3n) is 16.9. The lowest BCUT2D eigenvalue weighted by atomic mass is 9.94. The predicted octanol–water partition coefficient (Wildman–Crippen LogP) is -17.4. The topological polar surface area (TPSA) is 633 Å². The van der Waals surface area contributed by atoms with Gasteiger partial charge in [0.1, 0.15) is 195 Å². The van der Waals surface area contributed by atoms with Crippen LogP contribution in [0.3, 0.4) is 0 Å². The number of hydrogen-bond donors (Lipinski definition) is 24. The van der Waals surface area contributed by atoms with Crippen LogP contribution in [0.15, 0.2) is 0 Å². The molecule has 16 bridgehead atoms. The second kappa shape index (κ2) is 30.0. The first kappa shape index (κ1) is 70.7. The molecule has 30 fully saturated rings. The van der Waals surface area contributed by atoms with Crippen LogP contribution in [0.25, 0.3) is 0 Å². The molecule has 40 atom stereocenters. The van der Waals surface area contributed by atoms with Gasteiger partial charge in [-0.15, -0.1) is 0 Å². The van der Waals surface area contributed by atoms with Crippen LogP contribution in [0.5, 0.6) is 0 Å². The molecule has 88 heavy (non-hydrogen) atoms. The minimum atomic E-state index is -2.25. The Balaban J connectivity index is 0.975. The van der Waals surface area contributed by atoms with Crippen molar-refractivity contribution >= 4 is 0 Å². The minimum Gasteiger partial charge on any atom is -0.394 e. The van der Waals surface area contributed by atoms with E-state index in [9.17, 15) is 123 Å². The average Bonchev–Trinajstić information content (AvgIpc) is 1.09. The normalized spacial score (nSPS) is 55.4. The first-order valence-corrected chi connectivity index (χ1v) is 28.1. The summed E-state index contributed by atoms with van der Waals surface area (Å²) in [4.78, 5) is 0. The van der Waals surface area contributed by atoms with E-state index in [1.807, 2.05) is 0 Å². The van der Waals surface area contributed by atoms with Gasteiger partial charge in [-0.1, -0.05) is 0 Å². The van der Waals surface area contributed by atoms with E-state index in [4.69, 9.17) is 75.8 Å².